The molecule has 12 heteroatoms. The van der Waals surface area contributed by atoms with Crippen LogP contribution in [0.2, 0.25) is 0 Å². The number of ether oxygens (including phenoxy) is 1. The lowest BCUT2D eigenvalue weighted by Crippen LogP contribution is -2.52. The molecule has 6 N–H and O–H groups in total. The number of hydrogen-bond acceptors (Lipinski definition) is 8. The Labute approximate surface area is 187 Å². The summed E-state index contributed by atoms with van der Waals surface area (Å²) in [7, 11) is 0. The maximum absolute atomic E-state index is 11.4. The molecule has 0 aliphatic carbocycles. The summed E-state index contributed by atoms with van der Waals surface area (Å²) < 4.78 is 8.04. The number of fused-ring (bicyclic) bond motifs is 1. The molecule has 0 saturated carbocycles. The highest BCUT2D eigenvalue weighted by molar-refractivity contribution is 7.71. The summed E-state index contributed by atoms with van der Waals surface area (Å²) >= 11 is 5.26. The van der Waals surface area contributed by atoms with Crippen molar-refractivity contribution in [3.63, 3.8) is 0 Å². The molecule has 3 aromatic rings. The van der Waals surface area contributed by atoms with Gasteiger partial charge in [-0.2, -0.15) is 5.10 Å². The number of aliphatic carboxylic acids is 2. The molecule has 0 amide bonds. The molecule has 2 atom stereocenters. The molecule has 0 spiro atoms. The van der Waals surface area contributed by atoms with Crippen molar-refractivity contribution in [2.45, 2.75) is 19.0 Å². The van der Waals surface area contributed by atoms with Gasteiger partial charge in [-0.3, -0.25) is 9.67 Å². The first-order valence-electron chi connectivity index (χ1n) is 9.57. The van der Waals surface area contributed by atoms with Crippen molar-refractivity contribution in [3.05, 3.63) is 53.1 Å². The second-order valence-electron chi connectivity index (χ2n) is 7.06. The van der Waals surface area contributed by atoms with E-state index in [0.29, 0.717) is 21.9 Å². The highest BCUT2D eigenvalue weighted by Crippen LogP contribution is 2.32. The summed E-state index contributed by atoms with van der Waals surface area (Å²) in [5.41, 5.74) is 2.58. The van der Waals surface area contributed by atoms with E-state index in [1.54, 1.807) is 18.2 Å². The molecule has 0 saturated heterocycles. The predicted octanol–water partition coefficient (Wildman–Crippen LogP) is 2.43. The average molecular weight is 456 g/mol. The Hall–Kier alpha value is -4.06. The molecule has 0 fully saturated rings. The van der Waals surface area contributed by atoms with Crippen molar-refractivity contribution in [3.8, 4) is 11.4 Å². The number of aryl methyl sites for hydroxylation is 1. The number of H-pyrrole nitrogens is 1. The third-order valence-electron chi connectivity index (χ3n) is 4.94. The van der Waals surface area contributed by atoms with Gasteiger partial charge in [0.05, 0.1) is 17.1 Å². The monoisotopic (exact) mass is 456 g/mol. The Kier molecular flexibility index (Phi) is 5.69. The van der Waals surface area contributed by atoms with Gasteiger partial charge in [0.25, 0.3) is 0 Å². The minimum Gasteiger partial charge on any atom is -0.480 e. The second kappa shape index (κ2) is 8.59. The number of benzene rings is 2. The van der Waals surface area contributed by atoms with Gasteiger partial charge in [0.1, 0.15) is 11.6 Å². The van der Waals surface area contributed by atoms with E-state index in [-0.39, 0.29) is 6.73 Å². The van der Waals surface area contributed by atoms with Gasteiger partial charge in [-0.15, -0.1) is 0 Å². The van der Waals surface area contributed by atoms with Crippen molar-refractivity contribution in [2.75, 3.05) is 22.7 Å². The Morgan fingerprint density at radius 1 is 1.12 bits per heavy atom. The lowest BCUT2D eigenvalue weighted by molar-refractivity contribution is -0.145. The summed E-state index contributed by atoms with van der Waals surface area (Å²) in [6.45, 7) is 1.99. The first kappa shape index (κ1) is 21.2. The fraction of sp³-hybridized carbons (Fsp3) is 0.200. The number of aromatic nitrogens is 3. The molecule has 166 valence electrons. The van der Waals surface area contributed by atoms with Crippen LogP contribution in [0.15, 0.2) is 42.5 Å². The fourth-order valence-electron chi connectivity index (χ4n) is 3.41. The molecular weight excluding hydrogens is 436 g/mol. The number of nitrogens with zero attached hydrogens (tertiary/aromatic N) is 2. The average Bonchev–Trinajstić information content (AvgIpc) is 3.10. The van der Waals surface area contributed by atoms with Crippen LogP contribution in [-0.4, -0.2) is 55.7 Å². The van der Waals surface area contributed by atoms with Gasteiger partial charge in [0, 0.05) is 11.8 Å². The molecule has 1 aliphatic heterocycles. The van der Waals surface area contributed by atoms with Gasteiger partial charge in [-0.1, -0.05) is 6.07 Å². The first-order valence-corrected chi connectivity index (χ1v) is 9.98. The van der Waals surface area contributed by atoms with Gasteiger partial charge in [-0.25, -0.2) is 9.59 Å². The van der Waals surface area contributed by atoms with Gasteiger partial charge in [0.2, 0.25) is 0 Å². The van der Waals surface area contributed by atoms with Gasteiger partial charge in [0.15, 0.2) is 23.6 Å². The summed E-state index contributed by atoms with van der Waals surface area (Å²) in [5, 5.41) is 34.1. The lowest BCUT2D eigenvalue weighted by atomic mass is 10.0. The van der Waals surface area contributed by atoms with Crippen molar-refractivity contribution < 1.29 is 24.5 Å². The van der Waals surface area contributed by atoms with Crippen LogP contribution in [-0.2, 0) is 9.59 Å². The third kappa shape index (κ3) is 4.21. The summed E-state index contributed by atoms with van der Waals surface area (Å²) in [6, 6.07) is 9.90. The highest BCUT2D eigenvalue weighted by Gasteiger charge is 2.37. The summed E-state index contributed by atoms with van der Waals surface area (Å²) in [6.07, 6.45) is 0. The van der Waals surface area contributed by atoms with Crippen LogP contribution >= 0.6 is 12.2 Å². The minimum absolute atomic E-state index is 0.144. The molecule has 2 unspecified atom stereocenters. The Balaban J connectivity index is 1.43. The minimum atomic E-state index is -1.31. The largest absolute Gasteiger partial charge is 0.480 e. The Bertz CT molecular complexity index is 1240. The normalized spacial score (nSPS) is 16.9. The first-order chi connectivity index (χ1) is 15.3. The number of hydrogen-bond donors (Lipinski definition) is 6. The maximum Gasteiger partial charge on any atom is 0.328 e. The van der Waals surface area contributed by atoms with E-state index >= 15 is 0 Å². The molecule has 32 heavy (non-hydrogen) atoms. The van der Waals surface area contributed by atoms with Crippen LogP contribution in [0.3, 0.4) is 0 Å². The lowest BCUT2D eigenvalue weighted by Gasteiger charge is -2.31. The molecule has 0 bridgehead atoms. The van der Waals surface area contributed by atoms with E-state index in [0.717, 1.165) is 17.2 Å². The van der Waals surface area contributed by atoms with Crippen molar-refractivity contribution in [1.82, 2.24) is 14.8 Å². The molecule has 11 nitrogen and oxygen atoms in total. The van der Waals surface area contributed by atoms with Crippen molar-refractivity contribution in [1.29, 1.82) is 0 Å². The fourth-order valence-corrected chi connectivity index (χ4v) is 3.69. The number of anilines is 3. The van der Waals surface area contributed by atoms with Gasteiger partial charge < -0.3 is 30.9 Å². The van der Waals surface area contributed by atoms with Crippen LogP contribution < -0.4 is 20.7 Å². The van der Waals surface area contributed by atoms with Gasteiger partial charge >= 0.3 is 11.9 Å². The molecule has 0 radical (unpaired) electrons. The summed E-state index contributed by atoms with van der Waals surface area (Å²) in [5.74, 6) is -1.30. The second-order valence-corrected chi connectivity index (χ2v) is 7.44. The number of rotatable bonds is 7. The van der Waals surface area contributed by atoms with E-state index in [2.05, 4.69) is 26.1 Å². The zero-order chi connectivity index (χ0) is 22.8. The molecule has 1 aromatic heterocycles. The SMILES string of the molecule is Cc1n[nH]c(=S)n1-c1cccc(NCOc2ccc3c(c2)NC(C(=O)O)C(C(=O)O)N3)c1. The number of aromatic amines is 1. The van der Waals surface area contributed by atoms with E-state index in [4.69, 9.17) is 17.0 Å². The smallest absolute Gasteiger partial charge is 0.328 e. The van der Waals surface area contributed by atoms with Crippen LogP contribution in [0.1, 0.15) is 5.82 Å². The van der Waals surface area contributed by atoms with Crippen molar-refractivity contribution in [2.24, 2.45) is 0 Å². The van der Waals surface area contributed by atoms with E-state index in [1.807, 2.05) is 35.8 Å². The number of carboxylic acids is 2. The number of carboxylic acid groups (broad SMARTS) is 2. The van der Waals surface area contributed by atoms with Gasteiger partial charge in [-0.05, 0) is 49.5 Å². The molecule has 2 aromatic carbocycles. The molecule has 4 rings (SSSR count). The predicted molar refractivity (Wildman–Crippen MR) is 119 cm³/mol. The van der Waals surface area contributed by atoms with Crippen molar-refractivity contribution >= 4 is 41.2 Å². The maximum atomic E-state index is 11.4. The van der Waals surface area contributed by atoms with Crippen LogP contribution in [0.25, 0.3) is 5.69 Å². The standard InChI is InChI=1S/C20H20N6O5S/c1-10-24-25-20(32)26(10)12-4-2-3-11(7-12)21-9-31-13-5-6-14-15(8-13)23-17(19(29)30)16(22-14)18(27)28/h2-8,16-17,21-23H,9H2,1H3,(H,25,32)(H,27,28)(H,29,30). The Morgan fingerprint density at radius 2 is 1.84 bits per heavy atom. The molecule has 2 heterocycles. The molecule has 1 aliphatic rings. The quantitative estimate of drug-likeness (QED) is 0.231. The molecular formula is C20H20N6O5S. The zero-order valence-corrected chi connectivity index (χ0v) is 17.6. The zero-order valence-electron chi connectivity index (χ0n) is 16.8. The number of nitrogens with one attached hydrogen (secondary N) is 4. The topological polar surface area (TPSA) is 154 Å². The van der Waals surface area contributed by atoms with Crippen LogP contribution in [0.5, 0.6) is 5.75 Å². The summed E-state index contributed by atoms with van der Waals surface area (Å²) in [4.78, 5) is 22.8. The number of carbonyl (C=O) groups is 2. The Morgan fingerprint density at radius 3 is 2.50 bits per heavy atom. The van der Waals surface area contributed by atoms with Crippen LogP contribution in [0, 0.1) is 11.7 Å². The van der Waals surface area contributed by atoms with E-state index in [9.17, 15) is 19.8 Å². The van der Waals surface area contributed by atoms with Crippen LogP contribution in [0.4, 0.5) is 17.1 Å². The highest BCUT2D eigenvalue weighted by atomic mass is 32.1. The van der Waals surface area contributed by atoms with E-state index < -0.39 is 24.0 Å². The third-order valence-corrected chi connectivity index (χ3v) is 5.21. The van der Waals surface area contributed by atoms with E-state index in [1.165, 1.54) is 0 Å².